The van der Waals surface area contributed by atoms with Gasteiger partial charge in [-0.15, -0.1) is 11.6 Å². The highest BCUT2D eigenvalue weighted by atomic mass is 35.5. The normalized spacial score (nSPS) is 17.5. The van der Waals surface area contributed by atoms with Gasteiger partial charge in [-0.25, -0.2) is 0 Å². The van der Waals surface area contributed by atoms with Crippen molar-refractivity contribution in [2.75, 3.05) is 0 Å². The summed E-state index contributed by atoms with van der Waals surface area (Å²) in [6, 6.07) is 7.74. The molecule has 1 amide bonds. The number of carbonyl (C=O) groups is 1. The van der Waals surface area contributed by atoms with Crippen LogP contribution in [0.1, 0.15) is 56.9 Å². The maximum Gasteiger partial charge on any atom is 0.242 e. The van der Waals surface area contributed by atoms with Crippen LogP contribution in [-0.4, -0.2) is 18.1 Å². The van der Waals surface area contributed by atoms with Crippen molar-refractivity contribution < 1.29 is 9.53 Å². The Morgan fingerprint density at radius 2 is 2.00 bits per heavy atom. The van der Waals surface area contributed by atoms with Crippen molar-refractivity contribution in [3.05, 3.63) is 29.8 Å². The van der Waals surface area contributed by atoms with Crippen molar-refractivity contribution in [2.45, 2.75) is 63.5 Å². The van der Waals surface area contributed by atoms with E-state index in [0.29, 0.717) is 0 Å². The summed E-state index contributed by atoms with van der Waals surface area (Å²) in [5.41, 5.74) is 0.781. The van der Waals surface area contributed by atoms with E-state index < -0.39 is 5.38 Å². The first-order chi connectivity index (χ1) is 10.1. The Labute approximate surface area is 132 Å². The predicted molar refractivity (Wildman–Crippen MR) is 85.8 cm³/mol. The van der Waals surface area contributed by atoms with Crippen LogP contribution in [-0.2, 0) is 4.79 Å². The van der Waals surface area contributed by atoms with Crippen LogP contribution in [0.5, 0.6) is 5.75 Å². The van der Waals surface area contributed by atoms with Gasteiger partial charge in [0.05, 0.1) is 6.10 Å². The molecule has 0 bridgehead atoms. The van der Waals surface area contributed by atoms with Gasteiger partial charge in [0.1, 0.15) is 11.1 Å². The number of nitrogens with one attached hydrogen (secondary N) is 1. The molecule has 1 aromatic carbocycles. The Bertz CT molecular complexity index is 470. The molecule has 1 fully saturated rings. The van der Waals surface area contributed by atoms with Gasteiger partial charge in [-0.3, -0.25) is 4.79 Å². The fraction of sp³-hybridized carbons (Fsp3) is 0.588. The number of amides is 1. The third kappa shape index (κ3) is 4.92. The largest absolute Gasteiger partial charge is 0.491 e. The molecule has 0 aromatic heterocycles. The number of carbonyl (C=O) groups excluding carboxylic acids is 1. The van der Waals surface area contributed by atoms with Gasteiger partial charge in [-0.05, 0) is 44.4 Å². The minimum absolute atomic E-state index is 0.102. The molecule has 1 atom stereocenters. The third-order valence-corrected chi connectivity index (χ3v) is 4.15. The van der Waals surface area contributed by atoms with Crippen LogP contribution in [0, 0.1) is 0 Å². The molecule has 116 valence electrons. The number of halogens is 1. The SMILES string of the molecule is CC(C)Oc1cccc(C(Cl)C(=O)NC2CCCCC2)c1. The number of alkyl halides is 1. The summed E-state index contributed by atoms with van der Waals surface area (Å²) in [5, 5.41) is 2.40. The Kier molecular flexibility index (Phi) is 5.92. The second-order valence-electron chi connectivity index (χ2n) is 5.95. The Balaban J connectivity index is 1.97. The summed E-state index contributed by atoms with van der Waals surface area (Å²) in [4.78, 5) is 12.3. The van der Waals surface area contributed by atoms with Crippen molar-refractivity contribution in [3.8, 4) is 5.75 Å². The average Bonchev–Trinajstić information content (AvgIpc) is 2.47. The summed E-state index contributed by atoms with van der Waals surface area (Å²) in [6.07, 6.45) is 5.87. The molecule has 0 saturated heterocycles. The molecule has 1 aromatic rings. The predicted octanol–water partition coefficient (Wildman–Crippen LogP) is 4.20. The molecule has 1 aliphatic rings. The third-order valence-electron chi connectivity index (χ3n) is 3.70. The second kappa shape index (κ2) is 7.69. The summed E-state index contributed by atoms with van der Waals surface area (Å²) >= 11 is 6.32. The standard InChI is InChI=1S/C17H24ClNO2/c1-12(2)21-15-10-6-7-13(11-15)16(18)17(20)19-14-8-4-3-5-9-14/h6-7,10-12,14,16H,3-5,8-9H2,1-2H3,(H,19,20). The number of rotatable bonds is 5. The van der Waals surface area contributed by atoms with Crippen LogP contribution in [0.2, 0.25) is 0 Å². The summed E-state index contributed by atoms with van der Waals surface area (Å²) < 4.78 is 5.64. The second-order valence-corrected chi connectivity index (χ2v) is 6.38. The van der Waals surface area contributed by atoms with Crippen LogP contribution in [0.3, 0.4) is 0 Å². The Morgan fingerprint density at radius 1 is 1.29 bits per heavy atom. The van der Waals surface area contributed by atoms with Gasteiger partial charge in [0, 0.05) is 6.04 Å². The van der Waals surface area contributed by atoms with E-state index in [9.17, 15) is 4.79 Å². The average molecular weight is 310 g/mol. The van der Waals surface area contributed by atoms with Gasteiger partial charge in [0.2, 0.25) is 5.91 Å². The zero-order valence-electron chi connectivity index (χ0n) is 12.8. The van der Waals surface area contributed by atoms with Crippen LogP contribution in [0.25, 0.3) is 0 Å². The number of ether oxygens (including phenoxy) is 1. The van der Waals surface area contributed by atoms with Crippen molar-refractivity contribution in [3.63, 3.8) is 0 Å². The molecular formula is C17H24ClNO2. The molecule has 3 nitrogen and oxygen atoms in total. The lowest BCUT2D eigenvalue weighted by Crippen LogP contribution is -2.38. The lowest BCUT2D eigenvalue weighted by atomic mass is 9.95. The van der Waals surface area contributed by atoms with E-state index in [4.69, 9.17) is 16.3 Å². The van der Waals surface area contributed by atoms with Gasteiger partial charge >= 0.3 is 0 Å². The zero-order chi connectivity index (χ0) is 15.2. The summed E-state index contributed by atoms with van der Waals surface area (Å²) in [7, 11) is 0. The first kappa shape index (κ1) is 16.2. The molecule has 1 aliphatic carbocycles. The van der Waals surface area contributed by atoms with Gasteiger partial charge in [-0.2, -0.15) is 0 Å². The molecule has 0 radical (unpaired) electrons. The van der Waals surface area contributed by atoms with Gasteiger partial charge in [0.25, 0.3) is 0 Å². The van der Waals surface area contributed by atoms with Crippen molar-refractivity contribution in [2.24, 2.45) is 0 Å². The number of hydrogen-bond acceptors (Lipinski definition) is 2. The molecule has 2 rings (SSSR count). The van der Waals surface area contributed by atoms with E-state index in [1.165, 1.54) is 19.3 Å². The van der Waals surface area contributed by atoms with E-state index in [1.54, 1.807) is 0 Å². The highest BCUT2D eigenvalue weighted by molar-refractivity contribution is 6.30. The fourth-order valence-corrected chi connectivity index (χ4v) is 2.89. The first-order valence-electron chi connectivity index (χ1n) is 7.77. The first-order valence-corrected chi connectivity index (χ1v) is 8.21. The molecule has 0 aliphatic heterocycles. The molecule has 1 unspecified atom stereocenters. The van der Waals surface area contributed by atoms with Crippen LogP contribution >= 0.6 is 11.6 Å². The Hall–Kier alpha value is -1.22. The topological polar surface area (TPSA) is 38.3 Å². The number of hydrogen-bond donors (Lipinski definition) is 1. The minimum atomic E-state index is -0.664. The summed E-state index contributed by atoms with van der Waals surface area (Å²) in [5.74, 6) is 0.642. The zero-order valence-corrected chi connectivity index (χ0v) is 13.5. The Morgan fingerprint density at radius 3 is 2.67 bits per heavy atom. The van der Waals surface area contributed by atoms with E-state index in [2.05, 4.69) is 5.32 Å². The van der Waals surface area contributed by atoms with Crippen LogP contribution in [0.4, 0.5) is 0 Å². The molecule has 1 saturated carbocycles. The van der Waals surface area contributed by atoms with E-state index >= 15 is 0 Å². The lowest BCUT2D eigenvalue weighted by molar-refractivity contribution is -0.121. The highest BCUT2D eigenvalue weighted by Gasteiger charge is 2.22. The van der Waals surface area contributed by atoms with Crippen molar-refractivity contribution in [1.29, 1.82) is 0 Å². The monoisotopic (exact) mass is 309 g/mol. The lowest BCUT2D eigenvalue weighted by Gasteiger charge is -2.24. The van der Waals surface area contributed by atoms with E-state index in [1.807, 2.05) is 38.1 Å². The number of benzene rings is 1. The maximum atomic E-state index is 12.3. The molecular weight excluding hydrogens is 286 g/mol. The molecule has 4 heteroatoms. The molecule has 0 heterocycles. The van der Waals surface area contributed by atoms with Gasteiger partial charge in [-0.1, -0.05) is 31.4 Å². The van der Waals surface area contributed by atoms with E-state index in [-0.39, 0.29) is 18.1 Å². The van der Waals surface area contributed by atoms with Crippen LogP contribution < -0.4 is 10.1 Å². The molecule has 0 spiro atoms. The van der Waals surface area contributed by atoms with Crippen molar-refractivity contribution in [1.82, 2.24) is 5.32 Å². The maximum absolute atomic E-state index is 12.3. The van der Waals surface area contributed by atoms with Gasteiger partial charge < -0.3 is 10.1 Å². The minimum Gasteiger partial charge on any atom is -0.491 e. The molecule has 1 N–H and O–H groups in total. The quantitative estimate of drug-likeness (QED) is 0.828. The van der Waals surface area contributed by atoms with Crippen molar-refractivity contribution >= 4 is 17.5 Å². The molecule has 21 heavy (non-hydrogen) atoms. The smallest absolute Gasteiger partial charge is 0.242 e. The summed E-state index contributed by atoms with van der Waals surface area (Å²) in [6.45, 7) is 3.95. The van der Waals surface area contributed by atoms with E-state index in [0.717, 1.165) is 24.2 Å². The fourth-order valence-electron chi connectivity index (χ4n) is 2.69. The van der Waals surface area contributed by atoms with Gasteiger partial charge in [0.15, 0.2) is 0 Å². The highest BCUT2D eigenvalue weighted by Crippen LogP contribution is 2.26. The van der Waals surface area contributed by atoms with Crippen LogP contribution in [0.15, 0.2) is 24.3 Å².